The fraction of sp³-hybridized carbons (Fsp3) is 1.00. The van der Waals surface area contributed by atoms with Crippen LogP contribution in [0.2, 0.25) is 0 Å². The molecule has 0 aliphatic carbocycles. The molecule has 0 N–H and O–H groups in total. The van der Waals surface area contributed by atoms with Crippen molar-refractivity contribution in [3.05, 3.63) is 0 Å². The highest BCUT2D eigenvalue weighted by Crippen LogP contribution is 1.90. The number of nitrogens with zero attached hydrogens (tertiary/aromatic N) is 1. The minimum atomic E-state index is -0.138. The van der Waals surface area contributed by atoms with E-state index in [0.717, 1.165) is 19.3 Å². The zero-order valence-electron chi connectivity index (χ0n) is 5.48. The predicted octanol–water partition coefficient (Wildman–Crippen LogP) is 0.962. The Balaban J connectivity index is 2.97. The van der Waals surface area contributed by atoms with Crippen LogP contribution in [-0.2, 0) is 4.57 Å². The van der Waals surface area contributed by atoms with Gasteiger partial charge in [-0.15, -0.1) is 0 Å². The molecule has 0 rings (SSSR count). The number of hydrogen-bond donors (Lipinski definition) is 0. The Hall–Kier alpha value is 0.0600. The van der Waals surface area contributed by atoms with Crippen LogP contribution in [0, 0.1) is 0 Å². The first kappa shape index (κ1) is 8.06. The van der Waals surface area contributed by atoms with Gasteiger partial charge in [0.1, 0.15) is 0 Å². The molecule has 0 saturated carbocycles. The Morgan fingerprint density at radius 1 is 1.62 bits per heavy atom. The normalized spacial score (nSPS) is 10.9. The lowest BCUT2D eigenvalue weighted by atomic mass is 10.6. The average Bonchev–Trinajstić information content (AvgIpc) is 1.83. The van der Waals surface area contributed by atoms with E-state index in [4.69, 9.17) is 0 Å². The second-order valence-electron chi connectivity index (χ2n) is 1.79. The van der Waals surface area contributed by atoms with Crippen LogP contribution in [0.15, 0.2) is 0 Å². The summed E-state index contributed by atoms with van der Waals surface area (Å²) >= 11 is 0. The Labute approximate surface area is 52.1 Å². The molecule has 0 aliphatic heterocycles. The largest absolute Gasteiger partial charge is 0.326 e. The second-order valence-corrected chi connectivity index (χ2v) is 2.58. The van der Waals surface area contributed by atoms with E-state index in [2.05, 4.69) is 11.8 Å². The molecule has 0 radical (unpaired) electrons. The van der Waals surface area contributed by atoms with Gasteiger partial charge in [-0.3, -0.25) is 0 Å². The van der Waals surface area contributed by atoms with E-state index in [1.165, 1.54) is 0 Å². The van der Waals surface area contributed by atoms with Crippen molar-refractivity contribution in [1.29, 1.82) is 0 Å². The van der Waals surface area contributed by atoms with E-state index in [0.29, 0.717) is 0 Å². The quantitative estimate of drug-likeness (QED) is 0.534. The molecule has 0 saturated heterocycles. The smallest absolute Gasteiger partial charge is 0.302 e. The third kappa shape index (κ3) is 4.23. The molecular weight excluding hydrogens is 121 g/mol. The first-order valence-electron chi connectivity index (χ1n) is 2.84. The molecule has 0 aliphatic rings. The third-order valence-electron chi connectivity index (χ3n) is 1.14. The van der Waals surface area contributed by atoms with Crippen LogP contribution in [0.5, 0.6) is 0 Å². The average molecular weight is 134 g/mol. The maximum Gasteiger partial charge on any atom is 0.326 e. The zero-order valence-corrected chi connectivity index (χ0v) is 6.48. The maximum atomic E-state index is 9.95. The van der Waals surface area contributed by atoms with Crippen LogP contribution < -0.4 is 0 Å². The summed E-state index contributed by atoms with van der Waals surface area (Å²) in [6.45, 7) is 4.09. The van der Waals surface area contributed by atoms with Gasteiger partial charge >= 0.3 is 8.46 Å². The molecule has 0 aromatic carbocycles. The highest BCUT2D eigenvalue weighted by atomic mass is 31.1. The summed E-state index contributed by atoms with van der Waals surface area (Å²) < 4.78 is 9.95. The van der Waals surface area contributed by atoms with E-state index < -0.39 is 0 Å². The van der Waals surface area contributed by atoms with Gasteiger partial charge in [-0.2, -0.15) is 0 Å². The van der Waals surface area contributed by atoms with Crippen molar-refractivity contribution < 1.29 is 4.57 Å². The second kappa shape index (κ2) is 5.20. The van der Waals surface area contributed by atoms with Gasteiger partial charge in [0.15, 0.2) is 6.16 Å². The van der Waals surface area contributed by atoms with Crippen LogP contribution in [0.25, 0.3) is 0 Å². The van der Waals surface area contributed by atoms with E-state index in [9.17, 15) is 4.57 Å². The first-order valence-corrected chi connectivity index (χ1v) is 3.96. The molecule has 0 spiro atoms. The molecule has 0 amide bonds. The molecule has 0 aromatic heterocycles. The molecule has 1 unspecified atom stereocenters. The van der Waals surface area contributed by atoms with E-state index in [1.54, 1.807) is 0 Å². The molecule has 48 valence electrons. The number of hydrogen-bond acceptors (Lipinski definition) is 2. The van der Waals surface area contributed by atoms with Crippen molar-refractivity contribution >= 4 is 8.46 Å². The molecule has 2 nitrogen and oxygen atoms in total. The summed E-state index contributed by atoms with van der Waals surface area (Å²) in [5.74, 6) is 0. The van der Waals surface area contributed by atoms with Gasteiger partial charge < -0.3 is 4.90 Å². The maximum absolute atomic E-state index is 9.95. The van der Waals surface area contributed by atoms with Gasteiger partial charge in [0.25, 0.3) is 0 Å². The van der Waals surface area contributed by atoms with Crippen molar-refractivity contribution in [2.45, 2.75) is 6.92 Å². The summed E-state index contributed by atoms with van der Waals surface area (Å²) in [7, 11) is 1.89. The lowest BCUT2D eigenvalue weighted by molar-refractivity contribution is 0.375. The van der Waals surface area contributed by atoms with Crippen molar-refractivity contribution in [3.8, 4) is 0 Å². The summed E-state index contributed by atoms with van der Waals surface area (Å²) in [6.07, 6.45) is 0.810. The van der Waals surface area contributed by atoms with E-state index in [1.807, 2.05) is 7.05 Å². The van der Waals surface area contributed by atoms with Crippen molar-refractivity contribution in [2.75, 3.05) is 26.3 Å². The molecule has 3 heteroatoms. The van der Waals surface area contributed by atoms with Crippen molar-refractivity contribution in [3.63, 3.8) is 0 Å². The molecule has 0 fully saturated rings. The molecular formula is C5H13NOP+. The van der Waals surface area contributed by atoms with Gasteiger partial charge in [-0.05, 0) is 13.6 Å². The number of rotatable bonds is 4. The monoisotopic (exact) mass is 134 g/mol. The van der Waals surface area contributed by atoms with E-state index >= 15 is 0 Å². The fourth-order valence-electron chi connectivity index (χ4n) is 0.395. The van der Waals surface area contributed by atoms with Crippen LogP contribution in [-0.4, -0.2) is 31.2 Å². The molecule has 0 heterocycles. The van der Waals surface area contributed by atoms with Crippen LogP contribution in [0.1, 0.15) is 6.92 Å². The summed E-state index contributed by atoms with van der Waals surface area (Å²) in [4.78, 5) is 2.14. The molecule has 8 heavy (non-hydrogen) atoms. The summed E-state index contributed by atoms with van der Waals surface area (Å²) in [5, 5.41) is 0. The topological polar surface area (TPSA) is 20.3 Å². The zero-order chi connectivity index (χ0) is 6.41. The van der Waals surface area contributed by atoms with Crippen LogP contribution in [0.4, 0.5) is 0 Å². The lowest BCUT2D eigenvalue weighted by Gasteiger charge is -2.07. The van der Waals surface area contributed by atoms with E-state index in [-0.39, 0.29) is 8.46 Å². The Morgan fingerprint density at radius 3 is 2.62 bits per heavy atom. The van der Waals surface area contributed by atoms with Crippen molar-refractivity contribution in [2.24, 2.45) is 0 Å². The first-order chi connectivity index (χ1) is 3.81. The minimum absolute atomic E-state index is 0.138. The van der Waals surface area contributed by atoms with Gasteiger partial charge in [0, 0.05) is 6.54 Å². The minimum Gasteiger partial charge on any atom is -0.302 e. The fourth-order valence-corrected chi connectivity index (χ4v) is 0.868. The van der Waals surface area contributed by atoms with Gasteiger partial charge in [-0.25, -0.2) is 0 Å². The molecule has 0 aromatic rings. The molecule has 1 atom stereocenters. The molecule has 0 bridgehead atoms. The lowest BCUT2D eigenvalue weighted by Crippen LogP contribution is -2.19. The highest BCUT2D eigenvalue weighted by Gasteiger charge is 1.95. The Bertz CT molecular complexity index is 67.4. The standard InChI is InChI=1S/C5H12NOP/c1-3-6(2)4-5-8-7/h3-5H2,1-2H3/p+1. The summed E-state index contributed by atoms with van der Waals surface area (Å²) in [5.41, 5.74) is 0. The van der Waals surface area contributed by atoms with Gasteiger partial charge in [-0.1, -0.05) is 11.5 Å². The van der Waals surface area contributed by atoms with Crippen LogP contribution >= 0.6 is 8.46 Å². The van der Waals surface area contributed by atoms with Crippen LogP contribution in [0.3, 0.4) is 0 Å². The van der Waals surface area contributed by atoms with Crippen molar-refractivity contribution in [1.82, 2.24) is 4.90 Å². The highest BCUT2D eigenvalue weighted by molar-refractivity contribution is 7.23. The summed E-state index contributed by atoms with van der Waals surface area (Å²) in [6, 6.07) is 0. The predicted molar refractivity (Wildman–Crippen MR) is 37.0 cm³/mol. The Morgan fingerprint density at radius 2 is 2.25 bits per heavy atom. The van der Waals surface area contributed by atoms with Gasteiger partial charge in [0.2, 0.25) is 0 Å². The Kier molecular flexibility index (Phi) is 5.24. The third-order valence-corrected chi connectivity index (χ3v) is 1.56. The van der Waals surface area contributed by atoms with Gasteiger partial charge in [0.05, 0.1) is 0 Å². The SMILES string of the molecule is CCN(C)CC[PH+]=O.